The van der Waals surface area contributed by atoms with Crippen LogP contribution in [0, 0.1) is 0 Å². The van der Waals surface area contributed by atoms with Crippen molar-refractivity contribution in [2.75, 3.05) is 0 Å². The fourth-order valence-electron chi connectivity index (χ4n) is 1.34. The molecule has 0 aromatic heterocycles. The zero-order valence-electron chi connectivity index (χ0n) is 8.69. The molecule has 2 aromatic rings. The minimum Gasteiger partial charge on any atom is -0.298 e. The summed E-state index contributed by atoms with van der Waals surface area (Å²) in [6, 6.07) is 12.7. The van der Waals surface area contributed by atoms with Crippen molar-refractivity contribution < 1.29 is 4.79 Å². The lowest BCUT2D eigenvalue weighted by atomic mass is 10.2. The molecule has 2 rings (SSSR count). The van der Waals surface area contributed by atoms with E-state index in [9.17, 15) is 4.79 Å². The number of hydrogen-bond donors (Lipinski definition) is 0. The number of carbonyl (C=O) groups is 1. The molecule has 0 heterocycles. The van der Waals surface area contributed by atoms with Crippen LogP contribution in [0.1, 0.15) is 10.4 Å². The lowest BCUT2D eigenvalue weighted by molar-refractivity contribution is 0.112. The Morgan fingerprint density at radius 1 is 1.06 bits per heavy atom. The molecule has 86 valence electrons. The van der Waals surface area contributed by atoms with Crippen LogP contribution in [-0.4, -0.2) is 6.29 Å². The molecule has 4 heteroatoms. The van der Waals surface area contributed by atoms with Gasteiger partial charge in [0.25, 0.3) is 0 Å². The Bertz CT molecular complexity index is 555. The normalized spacial score (nSPS) is 10.2. The summed E-state index contributed by atoms with van der Waals surface area (Å²) in [5.41, 5.74) is 0.653. The summed E-state index contributed by atoms with van der Waals surface area (Å²) in [7, 11) is 0. The molecule has 0 unspecified atom stereocenters. The second kappa shape index (κ2) is 5.58. The lowest BCUT2D eigenvalue weighted by Crippen LogP contribution is -1.80. The molecule has 0 aliphatic heterocycles. The van der Waals surface area contributed by atoms with Gasteiger partial charge in [-0.15, -0.1) is 0 Å². The number of aldehydes is 1. The zero-order valence-corrected chi connectivity index (χ0v) is 11.0. The fraction of sp³-hybridized carbons (Fsp3) is 0. The summed E-state index contributed by atoms with van der Waals surface area (Å²) in [6.07, 6.45) is 0.827. The van der Waals surface area contributed by atoms with Crippen LogP contribution in [-0.2, 0) is 0 Å². The van der Waals surface area contributed by atoms with Gasteiger partial charge in [-0.05, 0) is 30.3 Å². The first-order valence-electron chi connectivity index (χ1n) is 4.87. The standard InChI is InChI=1S/C13H8Cl2OS/c14-10-4-5-13(12(15)7-10)17-11-3-1-2-9(6-11)8-16/h1-8H. The number of benzene rings is 2. The minimum atomic E-state index is 0.610. The van der Waals surface area contributed by atoms with E-state index in [0.717, 1.165) is 16.1 Å². The van der Waals surface area contributed by atoms with Crippen molar-refractivity contribution in [2.24, 2.45) is 0 Å². The highest BCUT2D eigenvalue weighted by Gasteiger charge is 2.04. The summed E-state index contributed by atoms with van der Waals surface area (Å²) in [4.78, 5) is 12.6. The van der Waals surface area contributed by atoms with Crippen molar-refractivity contribution >= 4 is 41.2 Å². The van der Waals surface area contributed by atoms with E-state index in [-0.39, 0.29) is 0 Å². The van der Waals surface area contributed by atoms with Gasteiger partial charge in [0.15, 0.2) is 0 Å². The van der Waals surface area contributed by atoms with Crippen LogP contribution in [0.5, 0.6) is 0 Å². The van der Waals surface area contributed by atoms with Crippen molar-refractivity contribution in [3.05, 3.63) is 58.1 Å². The van der Waals surface area contributed by atoms with Gasteiger partial charge >= 0.3 is 0 Å². The predicted octanol–water partition coefficient (Wildman–Crippen LogP) is 4.96. The van der Waals surface area contributed by atoms with E-state index in [2.05, 4.69) is 0 Å². The van der Waals surface area contributed by atoms with Gasteiger partial charge in [0, 0.05) is 20.4 Å². The molecular formula is C13H8Cl2OS. The molecule has 0 saturated heterocycles. The second-order valence-corrected chi connectivity index (χ2v) is 5.33. The molecule has 0 radical (unpaired) electrons. The van der Waals surface area contributed by atoms with Gasteiger partial charge in [-0.25, -0.2) is 0 Å². The average molecular weight is 283 g/mol. The SMILES string of the molecule is O=Cc1cccc(Sc2ccc(Cl)cc2Cl)c1. The quantitative estimate of drug-likeness (QED) is 0.741. The summed E-state index contributed by atoms with van der Waals surface area (Å²) in [6.45, 7) is 0. The van der Waals surface area contributed by atoms with E-state index in [1.807, 2.05) is 24.3 Å². The predicted molar refractivity (Wildman–Crippen MR) is 72.4 cm³/mol. The van der Waals surface area contributed by atoms with Gasteiger partial charge in [0.05, 0.1) is 5.02 Å². The Balaban J connectivity index is 2.27. The second-order valence-electron chi connectivity index (χ2n) is 3.37. The number of rotatable bonds is 3. The van der Waals surface area contributed by atoms with E-state index in [1.54, 1.807) is 18.2 Å². The molecule has 0 spiro atoms. The van der Waals surface area contributed by atoms with Crippen LogP contribution in [0.3, 0.4) is 0 Å². The van der Waals surface area contributed by atoms with Crippen molar-refractivity contribution in [1.82, 2.24) is 0 Å². The summed E-state index contributed by atoms with van der Waals surface area (Å²) < 4.78 is 0. The van der Waals surface area contributed by atoms with Gasteiger partial charge in [0.2, 0.25) is 0 Å². The topological polar surface area (TPSA) is 17.1 Å². The Morgan fingerprint density at radius 2 is 1.88 bits per heavy atom. The van der Waals surface area contributed by atoms with Gasteiger partial charge in [-0.1, -0.05) is 47.1 Å². The third kappa shape index (κ3) is 3.25. The van der Waals surface area contributed by atoms with Crippen molar-refractivity contribution in [3.8, 4) is 0 Å². The van der Waals surface area contributed by atoms with Crippen molar-refractivity contribution in [3.63, 3.8) is 0 Å². The summed E-state index contributed by atoms with van der Waals surface area (Å²) >= 11 is 13.4. The first-order chi connectivity index (χ1) is 8.19. The van der Waals surface area contributed by atoms with Crippen LogP contribution < -0.4 is 0 Å². The summed E-state index contributed by atoms with van der Waals surface area (Å²) in [5.74, 6) is 0. The molecule has 17 heavy (non-hydrogen) atoms. The van der Waals surface area contributed by atoms with E-state index in [0.29, 0.717) is 15.6 Å². The Kier molecular flexibility index (Phi) is 4.11. The highest BCUT2D eigenvalue weighted by atomic mass is 35.5. The highest BCUT2D eigenvalue weighted by molar-refractivity contribution is 7.99. The van der Waals surface area contributed by atoms with E-state index >= 15 is 0 Å². The molecule has 0 aliphatic carbocycles. The molecule has 0 N–H and O–H groups in total. The molecule has 0 amide bonds. The first-order valence-corrected chi connectivity index (χ1v) is 6.44. The molecule has 0 atom stereocenters. The zero-order chi connectivity index (χ0) is 12.3. The van der Waals surface area contributed by atoms with Gasteiger partial charge < -0.3 is 0 Å². The molecule has 0 bridgehead atoms. The van der Waals surface area contributed by atoms with Crippen LogP contribution in [0.2, 0.25) is 10.0 Å². The average Bonchev–Trinajstić information content (AvgIpc) is 2.33. The Morgan fingerprint density at radius 3 is 2.59 bits per heavy atom. The molecule has 0 aliphatic rings. The first kappa shape index (κ1) is 12.5. The Hall–Kier alpha value is -0.960. The molecule has 2 aromatic carbocycles. The van der Waals surface area contributed by atoms with Crippen molar-refractivity contribution in [2.45, 2.75) is 9.79 Å². The van der Waals surface area contributed by atoms with Crippen molar-refractivity contribution in [1.29, 1.82) is 0 Å². The van der Waals surface area contributed by atoms with Gasteiger partial charge in [-0.2, -0.15) is 0 Å². The van der Waals surface area contributed by atoms with E-state index < -0.39 is 0 Å². The van der Waals surface area contributed by atoms with Crippen LogP contribution in [0.4, 0.5) is 0 Å². The fourth-order valence-corrected chi connectivity index (χ4v) is 2.75. The minimum absolute atomic E-state index is 0.610. The third-order valence-electron chi connectivity index (χ3n) is 2.12. The maximum Gasteiger partial charge on any atom is 0.150 e. The Labute approximate surface area is 114 Å². The third-order valence-corrected chi connectivity index (χ3v) is 3.84. The molecule has 1 nitrogen and oxygen atoms in total. The van der Waals surface area contributed by atoms with E-state index in [4.69, 9.17) is 23.2 Å². The maximum absolute atomic E-state index is 10.7. The number of carbonyl (C=O) groups excluding carboxylic acids is 1. The number of hydrogen-bond acceptors (Lipinski definition) is 2. The largest absolute Gasteiger partial charge is 0.298 e. The monoisotopic (exact) mass is 282 g/mol. The summed E-state index contributed by atoms with van der Waals surface area (Å²) in [5, 5.41) is 1.22. The van der Waals surface area contributed by atoms with Gasteiger partial charge in [-0.3, -0.25) is 4.79 Å². The molecule has 0 saturated carbocycles. The highest BCUT2D eigenvalue weighted by Crippen LogP contribution is 2.34. The molecular weight excluding hydrogens is 275 g/mol. The maximum atomic E-state index is 10.7. The van der Waals surface area contributed by atoms with Crippen LogP contribution >= 0.6 is 35.0 Å². The lowest BCUT2D eigenvalue weighted by Gasteiger charge is -2.04. The van der Waals surface area contributed by atoms with Crippen LogP contribution in [0.25, 0.3) is 0 Å². The van der Waals surface area contributed by atoms with E-state index in [1.165, 1.54) is 11.8 Å². The smallest absolute Gasteiger partial charge is 0.150 e. The number of halogens is 2. The van der Waals surface area contributed by atoms with Gasteiger partial charge in [0.1, 0.15) is 6.29 Å². The molecule has 0 fully saturated rings. The van der Waals surface area contributed by atoms with Crippen LogP contribution in [0.15, 0.2) is 52.3 Å².